The van der Waals surface area contributed by atoms with Gasteiger partial charge in [-0.1, -0.05) is 12.1 Å². The van der Waals surface area contributed by atoms with Crippen molar-refractivity contribution in [1.29, 1.82) is 0 Å². The van der Waals surface area contributed by atoms with E-state index < -0.39 is 0 Å². The first kappa shape index (κ1) is 13.9. The number of aromatic nitrogens is 4. The van der Waals surface area contributed by atoms with Gasteiger partial charge in [-0.3, -0.25) is 0 Å². The summed E-state index contributed by atoms with van der Waals surface area (Å²) in [6.45, 7) is 2.78. The number of rotatable bonds is 5. The molecule has 5 heteroatoms. The first-order valence-electron chi connectivity index (χ1n) is 7.95. The molecule has 1 saturated carbocycles. The van der Waals surface area contributed by atoms with Crippen LogP contribution in [0.4, 0.5) is 5.82 Å². The lowest BCUT2D eigenvalue weighted by Crippen LogP contribution is -2.05. The highest BCUT2D eigenvalue weighted by molar-refractivity contribution is 5.40. The standard InChI is InChI=1S/C18H19N5/c1-13-10-17(22-18(21-13)15-4-5-15)20-11-14-2-6-16(7-3-14)23-9-8-19-12-23/h2-3,6-10,12,15H,4-5,11H2,1H3,(H,20,21,22). The van der Waals surface area contributed by atoms with Crippen molar-refractivity contribution in [3.8, 4) is 5.69 Å². The zero-order valence-corrected chi connectivity index (χ0v) is 13.1. The third kappa shape index (κ3) is 3.23. The van der Waals surface area contributed by atoms with Gasteiger partial charge in [0.15, 0.2) is 0 Å². The van der Waals surface area contributed by atoms with Crippen LogP contribution in [-0.2, 0) is 6.54 Å². The van der Waals surface area contributed by atoms with Gasteiger partial charge in [0.1, 0.15) is 11.6 Å². The van der Waals surface area contributed by atoms with Gasteiger partial charge < -0.3 is 9.88 Å². The number of nitrogens with zero attached hydrogens (tertiary/aromatic N) is 4. The molecule has 2 aromatic heterocycles. The number of benzene rings is 1. The number of nitrogens with one attached hydrogen (secondary N) is 1. The van der Waals surface area contributed by atoms with Gasteiger partial charge in [0, 0.05) is 42.3 Å². The monoisotopic (exact) mass is 305 g/mol. The lowest BCUT2D eigenvalue weighted by molar-refractivity contribution is 0.901. The van der Waals surface area contributed by atoms with E-state index in [-0.39, 0.29) is 0 Å². The van der Waals surface area contributed by atoms with E-state index >= 15 is 0 Å². The van der Waals surface area contributed by atoms with E-state index in [1.165, 1.54) is 18.4 Å². The predicted molar refractivity (Wildman–Crippen MR) is 89.6 cm³/mol. The van der Waals surface area contributed by atoms with Crippen LogP contribution in [0.25, 0.3) is 5.69 Å². The van der Waals surface area contributed by atoms with Gasteiger partial charge in [-0.2, -0.15) is 0 Å². The lowest BCUT2D eigenvalue weighted by Gasteiger charge is -2.09. The Morgan fingerprint density at radius 2 is 2.00 bits per heavy atom. The fourth-order valence-electron chi connectivity index (χ4n) is 2.60. The van der Waals surface area contributed by atoms with Crippen LogP contribution in [0.2, 0.25) is 0 Å². The van der Waals surface area contributed by atoms with E-state index in [0.29, 0.717) is 5.92 Å². The summed E-state index contributed by atoms with van der Waals surface area (Å²) in [5, 5.41) is 3.41. The summed E-state index contributed by atoms with van der Waals surface area (Å²) >= 11 is 0. The van der Waals surface area contributed by atoms with E-state index in [1.807, 2.05) is 23.8 Å². The Labute approximate surface area is 135 Å². The van der Waals surface area contributed by atoms with Crippen molar-refractivity contribution in [2.75, 3.05) is 5.32 Å². The third-order valence-electron chi connectivity index (χ3n) is 4.03. The van der Waals surface area contributed by atoms with Crippen molar-refractivity contribution < 1.29 is 0 Å². The molecule has 1 N–H and O–H groups in total. The largest absolute Gasteiger partial charge is 0.366 e. The predicted octanol–water partition coefficient (Wildman–Crippen LogP) is 3.46. The van der Waals surface area contributed by atoms with Crippen molar-refractivity contribution in [3.63, 3.8) is 0 Å². The topological polar surface area (TPSA) is 55.6 Å². The number of hydrogen-bond acceptors (Lipinski definition) is 4. The summed E-state index contributed by atoms with van der Waals surface area (Å²) in [7, 11) is 0. The Hall–Kier alpha value is -2.69. The minimum atomic E-state index is 0.574. The molecule has 0 aliphatic heterocycles. The second kappa shape index (κ2) is 5.83. The van der Waals surface area contributed by atoms with Crippen LogP contribution in [0.15, 0.2) is 49.1 Å². The van der Waals surface area contributed by atoms with Crippen LogP contribution in [-0.4, -0.2) is 19.5 Å². The normalized spacial score (nSPS) is 14.0. The Kier molecular flexibility index (Phi) is 3.54. The van der Waals surface area contributed by atoms with E-state index in [2.05, 4.69) is 44.5 Å². The van der Waals surface area contributed by atoms with E-state index in [4.69, 9.17) is 0 Å². The molecule has 2 heterocycles. The lowest BCUT2D eigenvalue weighted by atomic mass is 10.2. The van der Waals surface area contributed by atoms with Gasteiger partial charge in [0.05, 0.1) is 6.33 Å². The molecule has 0 atom stereocenters. The van der Waals surface area contributed by atoms with Crippen molar-refractivity contribution in [3.05, 3.63) is 66.1 Å². The zero-order chi connectivity index (χ0) is 15.6. The SMILES string of the molecule is Cc1cc(NCc2ccc(-n3ccnc3)cc2)nc(C2CC2)n1. The first-order chi connectivity index (χ1) is 11.3. The summed E-state index contributed by atoms with van der Waals surface area (Å²) in [5.74, 6) is 2.48. The Morgan fingerprint density at radius 1 is 1.17 bits per heavy atom. The number of hydrogen-bond donors (Lipinski definition) is 1. The van der Waals surface area contributed by atoms with Crippen LogP contribution in [0.1, 0.15) is 35.8 Å². The molecular weight excluding hydrogens is 286 g/mol. The minimum absolute atomic E-state index is 0.574. The Balaban J connectivity index is 1.44. The summed E-state index contributed by atoms with van der Waals surface area (Å²) < 4.78 is 1.99. The highest BCUT2D eigenvalue weighted by Crippen LogP contribution is 2.38. The fourth-order valence-corrected chi connectivity index (χ4v) is 2.60. The molecule has 0 radical (unpaired) electrons. The molecule has 3 aromatic rings. The average molecular weight is 305 g/mol. The van der Waals surface area contributed by atoms with Gasteiger partial charge >= 0.3 is 0 Å². The molecule has 0 amide bonds. The number of anilines is 1. The molecule has 0 bridgehead atoms. The van der Waals surface area contributed by atoms with Gasteiger partial charge in [-0.05, 0) is 37.5 Å². The maximum absolute atomic E-state index is 4.63. The molecule has 4 rings (SSSR count). The second-order valence-corrected chi connectivity index (χ2v) is 6.02. The Bertz CT molecular complexity index is 789. The summed E-state index contributed by atoms with van der Waals surface area (Å²) in [6, 6.07) is 10.4. The zero-order valence-electron chi connectivity index (χ0n) is 13.1. The number of imidazole rings is 1. The number of aryl methyl sites for hydroxylation is 1. The van der Waals surface area contributed by atoms with Crippen LogP contribution in [0, 0.1) is 6.92 Å². The minimum Gasteiger partial charge on any atom is -0.366 e. The molecular formula is C18H19N5. The first-order valence-corrected chi connectivity index (χ1v) is 7.95. The third-order valence-corrected chi connectivity index (χ3v) is 4.03. The van der Waals surface area contributed by atoms with Gasteiger partial charge in [-0.15, -0.1) is 0 Å². The summed E-state index contributed by atoms with van der Waals surface area (Å²) in [6.07, 6.45) is 7.97. The van der Waals surface area contributed by atoms with Gasteiger partial charge in [0.2, 0.25) is 0 Å². The van der Waals surface area contributed by atoms with E-state index in [0.717, 1.165) is 29.6 Å². The van der Waals surface area contributed by atoms with Crippen LogP contribution in [0.5, 0.6) is 0 Å². The molecule has 23 heavy (non-hydrogen) atoms. The van der Waals surface area contributed by atoms with E-state index in [1.54, 1.807) is 12.5 Å². The summed E-state index contributed by atoms with van der Waals surface area (Å²) in [5.41, 5.74) is 3.36. The molecule has 0 unspecified atom stereocenters. The molecule has 1 aliphatic rings. The van der Waals surface area contributed by atoms with E-state index in [9.17, 15) is 0 Å². The van der Waals surface area contributed by atoms with Crippen molar-refractivity contribution >= 4 is 5.82 Å². The average Bonchev–Trinajstić information content (AvgIpc) is 3.28. The van der Waals surface area contributed by atoms with Gasteiger partial charge in [0.25, 0.3) is 0 Å². The maximum atomic E-state index is 4.63. The molecule has 1 aliphatic carbocycles. The molecule has 1 aromatic carbocycles. The maximum Gasteiger partial charge on any atom is 0.134 e. The van der Waals surface area contributed by atoms with Crippen molar-refractivity contribution in [2.45, 2.75) is 32.2 Å². The molecule has 1 fully saturated rings. The van der Waals surface area contributed by atoms with Crippen LogP contribution < -0.4 is 5.32 Å². The van der Waals surface area contributed by atoms with Crippen LogP contribution in [0.3, 0.4) is 0 Å². The summed E-state index contributed by atoms with van der Waals surface area (Å²) in [4.78, 5) is 13.2. The van der Waals surface area contributed by atoms with Crippen molar-refractivity contribution in [2.24, 2.45) is 0 Å². The molecule has 5 nitrogen and oxygen atoms in total. The molecule has 116 valence electrons. The molecule has 0 spiro atoms. The van der Waals surface area contributed by atoms with Gasteiger partial charge in [-0.25, -0.2) is 15.0 Å². The highest BCUT2D eigenvalue weighted by Gasteiger charge is 2.26. The second-order valence-electron chi connectivity index (χ2n) is 6.02. The molecule has 0 saturated heterocycles. The quantitative estimate of drug-likeness (QED) is 0.784. The Morgan fingerprint density at radius 3 is 2.70 bits per heavy atom. The van der Waals surface area contributed by atoms with Crippen LogP contribution >= 0.6 is 0 Å². The highest BCUT2D eigenvalue weighted by atomic mass is 15.0. The smallest absolute Gasteiger partial charge is 0.134 e. The van der Waals surface area contributed by atoms with Crippen molar-refractivity contribution in [1.82, 2.24) is 19.5 Å². The fraction of sp³-hybridized carbons (Fsp3) is 0.278.